The first-order valence-corrected chi connectivity index (χ1v) is 10.9. The zero-order valence-electron chi connectivity index (χ0n) is 14.1. The van der Waals surface area contributed by atoms with E-state index in [0.717, 1.165) is 12.9 Å². The maximum atomic E-state index is 13.1. The molecule has 0 atom stereocenters. The van der Waals surface area contributed by atoms with Crippen LogP contribution in [-0.4, -0.2) is 24.0 Å². The molecule has 1 saturated heterocycles. The summed E-state index contributed by atoms with van der Waals surface area (Å²) in [5.74, 6) is -0.408. The summed E-state index contributed by atoms with van der Waals surface area (Å²) < 4.78 is 7.06. The molecule has 1 aliphatic rings. The first-order valence-electron chi connectivity index (χ1n) is 7.62. The zero-order chi connectivity index (χ0) is 20.6. The van der Waals surface area contributed by atoms with Crippen molar-refractivity contribution in [2.24, 2.45) is 0 Å². The van der Waals surface area contributed by atoms with Crippen LogP contribution in [0.15, 0.2) is 35.9 Å². The highest BCUT2D eigenvalue weighted by molar-refractivity contribution is 14.1. The van der Waals surface area contributed by atoms with Gasteiger partial charge in [0, 0.05) is 5.02 Å². The third-order valence-electron chi connectivity index (χ3n) is 3.79. The fourth-order valence-corrected chi connectivity index (χ4v) is 5.59. The van der Waals surface area contributed by atoms with Gasteiger partial charge < -0.3 is 4.74 Å². The Kier molecular flexibility index (Phi) is 6.85. The minimum Gasteiger partial charge on any atom is -0.495 e. The molecular formula is C18H10Cl2I2N2O3S. The molecule has 10 heteroatoms. The van der Waals surface area contributed by atoms with E-state index in [1.165, 1.54) is 17.0 Å². The lowest BCUT2D eigenvalue weighted by atomic mass is 10.1. The Morgan fingerprint density at radius 3 is 2.36 bits per heavy atom. The maximum Gasteiger partial charge on any atom is 0.270 e. The molecule has 0 bridgehead atoms. The van der Waals surface area contributed by atoms with Gasteiger partial charge in [0.15, 0.2) is 5.11 Å². The minimum absolute atomic E-state index is 0.0461. The predicted octanol–water partition coefficient (Wildman–Crippen LogP) is 5.04. The summed E-state index contributed by atoms with van der Waals surface area (Å²) in [6.07, 6.45) is 1.51. The Morgan fingerprint density at radius 2 is 1.79 bits per heavy atom. The molecule has 0 aliphatic carbocycles. The van der Waals surface area contributed by atoms with E-state index < -0.39 is 11.8 Å². The SMILES string of the molecule is COc1c(I)cc(/C=C2\C(=O)NC(=S)N(c3ccc(Cl)cc3Cl)C2=O)cc1I. The number of methoxy groups -OCH3 is 1. The molecule has 1 aliphatic heterocycles. The van der Waals surface area contributed by atoms with Crippen molar-refractivity contribution in [1.29, 1.82) is 0 Å². The molecule has 28 heavy (non-hydrogen) atoms. The molecule has 1 heterocycles. The lowest BCUT2D eigenvalue weighted by Gasteiger charge is -2.29. The number of carbonyl (C=O) groups is 2. The molecule has 144 valence electrons. The van der Waals surface area contributed by atoms with Gasteiger partial charge in [-0.2, -0.15) is 0 Å². The number of thiocarbonyl (C=S) groups is 1. The van der Waals surface area contributed by atoms with E-state index >= 15 is 0 Å². The summed E-state index contributed by atoms with van der Waals surface area (Å²) in [4.78, 5) is 26.7. The van der Waals surface area contributed by atoms with Crippen LogP contribution in [0.5, 0.6) is 5.75 Å². The molecule has 3 rings (SSSR count). The Bertz CT molecular complexity index is 1040. The molecule has 2 amide bonds. The van der Waals surface area contributed by atoms with E-state index in [2.05, 4.69) is 50.5 Å². The molecule has 2 aromatic carbocycles. The number of amides is 2. The van der Waals surface area contributed by atoms with Crippen LogP contribution in [0.2, 0.25) is 10.0 Å². The second kappa shape index (κ2) is 8.82. The van der Waals surface area contributed by atoms with Crippen LogP contribution < -0.4 is 15.0 Å². The number of hydrogen-bond acceptors (Lipinski definition) is 4. The summed E-state index contributed by atoms with van der Waals surface area (Å²) in [6, 6.07) is 8.31. The summed E-state index contributed by atoms with van der Waals surface area (Å²) in [5, 5.41) is 3.15. The van der Waals surface area contributed by atoms with Crippen molar-refractivity contribution in [3.05, 3.63) is 58.7 Å². The molecule has 1 fully saturated rings. The van der Waals surface area contributed by atoms with Gasteiger partial charge in [0.25, 0.3) is 11.8 Å². The van der Waals surface area contributed by atoms with Crippen molar-refractivity contribution in [1.82, 2.24) is 5.32 Å². The Balaban J connectivity index is 2.06. The van der Waals surface area contributed by atoms with E-state index in [1.54, 1.807) is 19.2 Å². The van der Waals surface area contributed by atoms with Crippen molar-refractivity contribution >= 4 is 109 Å². The van der Waals surface area contributed by atoms with Gasteiger partial charge in [-0.05, 0) is 99.4 Å². The topological polar surface area (TPSA) is 58.6 Å². The molecule has 0 aromatic heterocycles. The Morgan fingerprint density at radius 1 is 1.14 bits per heavy atom. The van der Waals surface area contributed by atoms with Crippen molar-refractivity contribution < 1.29 is 14.3 Å². The van der Waals surface area contributed by atoms with Crippen LogP contribution in [0.25, 0.3) is 6.08 Å². The van der Waals surface area contributed by atoms with Gasteiger partial charge >= 0.3 is 0 Å². The zero-order valence-corrected chi connectivity index (χ0v) is 20.7. The van der Waals surface area contributed by atoms with Gasteiger partial charge in [0.2, 0.25) is 0 Å². The van der Waals surface area contributed by atoms with Gasteiger partial charge in [-0.3, -0.25) is 19.8 Å². The monoisotopic (exact) mass is 658 g/mol. The molecule has 1 N–H and O–H groups in total. The Labute approximate surface area is 203 Å². The number of benzene rings is 2. The third-order valence-corrected chi connectivity index (χ3v) is 6.21. The van der Waals surface area contributed by atoms with Crippen molar-refractivity contribution in [3.63, 3.8) is 0 Å². The average Bonchev–Trinajstić information content (AvgIpc) is 2.60. The van der Waals surface area contributed by atoms with Crippen molar-refractivity contribution in [2.75, 3.05) is 12.0 Å². The minimum atomic E-state index is -0.572. The first-order chi connectivity index (χ1) is 13.2. The molecular weight excluding hydrogens is 649 g/mol. The van der Waals surface area contributed by atoms with Gasteiger partial charge in [-0.15, -0.1) is 0 Å². The number of halogens is 4. The van der Waals surface area contributed by atoms with Gasteiger partial charge in [0.05, 0.1) is 25.0 Å². The van der Waals surface area contributed by atoms with E-state index in [-0.39, 0.29) is 15.7 Å². The molecule has 5 nitrogen and oxygen atoms in total. The number of rotatable bonds is 3. The molecule has 0 radical (unpaired) electrons. The van der Waals surface area contributed by atoms with Crippen LogP contribution in [-0.2, 0) is 9.59 Å². The van der Waals surface area contributed by atoms with Crippen molar-refractivity contribution in [2.45, 2.75) is 0 Å². The number of hydrogen-bond donors (Lipinski definition) is 1. The number of ether oxygens (including phenoxy) is 1. The van der Waals surface area contributed by atoms with Crippen LogP contribution in [0.4, 0.5) is 5.69 Å². The van der Waals surface area contributed by atoms with Crippen LogP contribution in [0.3, 0.4) is 0 Å². The summed E-state index contributed by atoms with van der Waals surface area (Å²) >= 11 is 21.6. The second-order valence-electron chi connectivity index (χ2n) is 5.57. The first kappa shape index (κ1) is 21.8. The summed E-state index contributed by atoms with van der Waals surface area (Å²) in [7, 11) is 1.59. The predicted molar refractivity (Wildman–Crippen MR) is 131 cm³/mol. The maximum absolute atomic E-state index is 13.1. The third kappa shape index (κ3) is 4.30. The highest BCUT2D eigenvalue weighted by atomic mass is 127. The number of carbonyl (C=O) groups excluding carboxylic acids is 2. The fourth-order valence-electron chi connectivity index (χ4n) is 2.56. The number of anilines is 1. The smallest absolute Gasteiger partial charge is 0.270 e. The van der Waals surface area contributed by atoms with Crippen LogP contribution in [0.1, 0.15) is 5.56 Å². The van der Waals surface area contributed by atoms with E-state index in [1.807, 2.05) is 12.1 Å². The largest absolute Gasteiger partial charge is 0.495 e. The number of nitrogens with one attached hydrogen (secondary N) is 1. The normalized spacial score (nSPS) is 15.8. The molecule has 0 saturated carbocycles. The van der Waals surface area contributed by atoms with E-state index in [4.69, 9.17) is 40.2 Å². The number of nitrogens with zero attached hydrogens (tertiary/aromatic N) is 1. The average molecular weight is 659 g/mol. The molecule has 0 unspecified atom stereocenters. The van der Waals surface area contributed by atoms with Crippen LogP contribution in [0, 0.1) is 7.14 Å². The van der Waals surface area contributed by atoms with Gasteiger partial charge in [-0.25, -0.2) is 0 Å². The quantitative estimate of drug-likeness (QED) is 0.217. The Hall–Kier alpha value is -0.950. The molecule has 2 aromatic rings. The van der Waals surface area contributed by atoms with Crippen molar-refractivity contribution in [3.8, 4) is 5.75 Å². The molecule has 0 spiro atoms. The standard InChI is InChI=1S/C18H10Cl2I2N2O3S/c1-27-15-12(21)5-8(6-13(15)22)4-10-16(25)23-18(28)24(17(10)26)14-3-2-9(19)7-11(14)20/h2-7H,1H3,(H,23,25,28)/b10-4+. The van der Waals surface area contributed by atoms with E-state index in [9.17, 15) is 9.59 Å². The lowest BCUT2D eigenvalue weighted by molar-refractivity contribution is -0.122. The second-order valence-corrected chi connectivity index (χ2v) is 9.13. The van der Waals surface area contributed by atoms with Gasteiger partial charge in [0.1, 0.15) is 11.3 Å². The fraction of sp³-hybridized carbons (Fsp3) is 0.0556. The highest BCUT2D eigenvalue weighted by Crippen LogP contribution is 2.33. The van der Waals surface area contributed by atoms with Gasteiger partial charge in [-0.1, -0.05) is 23.2 Å². The lowest BCUT2D eigenvalue weighted by Crippen LogP contribution is -2.54. The summed E-state index contributed by atoms with van der Waals surface area (Å²) in [5.41, 5.74) is 0.963. The van der Waals surface area contributed by atoms with E-state index in [0.29, 0.717) is 16.3 Å². The summed E-state index contributed by atoms with van der Waals surface area (Å²) in [6.45, 7) is 0. The highest BCUT2D eigenvalue weighted by Gasteiger charge is 2.35. The van der Waals surface area contributed by atoms with Crippen LogP contribution >= 0.6 is 80.6 Å².